The molecule has 4 N–H and O–H groups in total. The van der Waals surface area contributed by atoms with E-state index >= 15 is 0 Å². The summed E-state index contributed by atoms with van der Waals surface area (Å²) in [5.74, 6) is -0.612. The van der Waals surface area contributed by atoms with Crippen molar-refractivity contribution in [3.05, 3.63) is 47.9 Å². The van der Waals surface area contributed by atoms with Crippen molar-refractivity contribution in [3.63, 3.8) is 0 Å². The van der Waals surface area contributed by atoms with Crippen LogP contribution in [0.15, 0.2) is 36.5 Å². The van der Waals surface area contributed by atoms with Gasteiger partial charge in [-0.2, -0.15) is 0 Å². The highest BCUT2D eigenvalue weighted by molar-refractivity contribution is 7.22. The van der Waals surface area contributed by atoms with E-state index < -0.39 is 5.91 Å². The molecule has 0 radical (unpaired) electrons. The van der Waals surface area contributed by atoms with Crippen LogP contribution in [0.4, 0.5) is 10.2 Å². The Kier molecular flexibility index (Phi) is 2.87. The number of hydrogen-bond donors (Lipinski definition) is 2. The van der Waals surface area contributed by atoms with E-state index in [-0.39, 0.29) is 5.82 Å². The van der Waals surface area contributed by atoms with Crippen LogP contribution in [0, 0.1) is 5.82 Å². The highest BCUT2D eigenvalue weighted by Crippen LogP contribution is 2.38. The number of primary amides is 1. The smallest absolute Gasteiger partial charge is 0.251 e. The molecule has 2 heterocycles. The minimum Gasteiger partial charge on any atom is -0.383 e. The van der Waals surface area contributed by atoms with Crippen molar-refractivity contribution in [2.24, 2.45) is 5.73 Å². The fraction of sp³-hybridized carbons (Fsp3) is 0. The lowest BCUT2D eigenvalue weighted by molar-refractivity contribution is 0.100. The van der Waals surface area contributed by atoms with Crippen molar-refractivity contribution in [2.75, 3.05) is 5.73 Å². The van der Waals surface area contributed by atoms with E-state index in [0.29, 0.717) is 31.9 Å². The van der Waals surface area contributed by atoms with Gasteiger partial charge in [0.05, 0.1) is 10.3 Å². The summed E-state index contributed by atoms with van der Waals surface area (Å²) in [7, 11) is 0. The molecule has 3 rings (SSSR count). The summed E-state index contributed by atoms with van der Waals surface area (Å²) >= 11 is 1.27. The minimum absolute atomic E-state index is 0.293. The van der Waals surface area contributed by atoms with Crippen molar-refractivity contribution in [2.45, 2.75) is 0 Å². The average molecular weight is 287 g/mol. The number of nitrogens with zero attached hydrogens (tertiary/aromatic N) is 1. The predicted octanol–water partition coefficient (Wildman–Crippen LogP) is 2.78. The topological polar surface area (TPSA) is 82.0 Å². The number of pyridine rings is 1. The number of halogens is 1. The molecule has 0 unspecified atom stereocenters. The molecule has 0 fully saturated rings. The lowest BCUT2D eigenvalue weighted by Crippen LogP contribution is -2.11. The van der Waals surface area contributed by atoms with Crippen LogP contribution in [0.5, 0.6) is 0 Å². The lowest BCUT2D eigenvalue weighted by Gasteiger charge is -1.99. The Bertz CT molecular complexity index is 828. The monoisotopic (exact) mass is 287 g/mol. The van der Waals surface area contributed by atoms with E-state index in [0.717, 1.165) is 0 Å². The Labute approximate surface area is 117 Å². The Morgan fingerprint density at radius 3 is 2.75 bits per heavy atom. The first-order valence-corrected chi connectivity index (χ1v) is 6.62. The van der Waals surface area contributed by atoms with Gasteiger partial charge in [-0.25, -0.2) is 9.37 Å². The molecule has 0 bridgehead atoms. The van der Waals surface area contributed by atoms with Gasteiger partial charge in [0.1, 0.15) is 11.6 Å². The third kappa shape index (κ3) is 1.90. The summed E-state index contributed by atoms with van der Waals surface area (Å²) in [4.78, 5) is 16.0. The van der Waals surface area contributed by atoms with Crippen LogP contribution >= 0.6 is 11.3 Å². The maximum absolute atomic E-state index is 13.8. The fourth-order valence-corrected chi connectivity index (χ4v) is 3.22. The van der Waals surface area contributed by atoms with E-state index in [1.54, 1.807) is 24.3 Å². The van der Waals surface area contributed by atoms with Gasteiger partial charge in [0.25, 0.3) is 5.91 Å². The van der Waals surface area contributed by atoms with E-state index in [2.05, 4.69) is 4.98 Å². The number of amides is 1. The van der Waals surface area contributed by atoms with Gasteiger partial charge in [-0.1, -0.05) is 18.2 Å². The van der Waals surface area contributed by atoms with Gasteiger partial charge >= 0.3 is 0 Å². The number of nitrogen functional groups attached to an aromatic ring is 1. The van der Waals surface area contributed by atoms with Gasteiger partial charge in [0.2, 0.25) is 0 Å². The molecule has 1 aromatic carbocycles. The summed E-state index contributed by atoms with van der Waals surface area (Å²) in [5.41, 5.74) is 11.9. The van der Waals surface area contributed by atoms with Crippen LogP contribution in [0.25, 0.3) is 20.5 Å². The van der Waals surface area contributed by atoms with Crippen LogP contribution < -0.4 is 11.5 Å². The van der Waals surface area contributed by atoms with Gasteiger partial charge in [0, 0.05) is 22.0 Å². The molecule has 2 aromatic heterocycles. The Morgan fingerprint density at radius 1 is 1.30 bits per heavy atom. The second-order valence-electron chi connectivity index (χ2n) is 4.25. The summed E-state index contributed by atoms with van der Waals surface area (Å²) in [6.45, 7) is 0. The van der Waals surface area contributed by atoms with Crippen LogP contribution in [-0.4, -0.2) is 10.9 Å². The second kappa shape index (κ2) is 4.57. The molecule has 0 atom stereocenters. The Morgan fingerprint density at radius 2 is 2.05 bits per heavy atom. The highest BCUT2D eigenvalue weighted by Gasteiger charge is 2.15. The van der Waals surface area contributed by atoms with Gasteiger partial charge < -0.3 is 11.5 Å². The number of benzene rings is 1. The Balaban J connectivity index is 2.31. The quantitative estimate of drug-likeness (QED) is 0.760. The zero-order valence-corrected chi connectivity index (χ0v) is 11.1. The number of hydrogen-bond acceptors (Lipinski definition) is 4. The standard InChI is InChI=1S/C14H10FN3OS/c15-10-4-2-1-3-7(10)11-5-8-12(20-11)9(14(17)19)6-18-13(8)16/h1-6H,(H2,16,18)(H2,17,19). The molecule has 6 heteroatoms. The van der Waals surface area contributed by atoms with Crippen molar-refractivity contribution < 1.29 is 9.18 Å². The molecule has 0 aliphatic rings. The van der Waals surface area contributed by atoms with Crippen LogP contribution in [0.3, 0.4) is 0 Å². The van der Waals surface area contributed by atoms with E-state index in [1.807, 2.05) is 0 Å². The van der Waals surface area contributed by atoms with Crippen LogP contribution in [0.1, 0.15) is 10.4 Å². The molecule has 100 valence electrons. The molecule has 0 spiro atoms. The first kappa shape index (κ1) is 12.6. The maximum Gasteiger partial charge on any atom is 0.251 e. The van der Waals surface area contributed by atoms with E-state index in [9.17, 15) is 9.18 Å². The third-order valence-electron chi connectivity index (χ3n) is 2.99. The van der Waals surface area contributed by atoms with Crippen molar-refractivity contribution >= 4 is 33.1 Å². The number of thiophene rings is 1. The van der Waals surface area contributed by atoms with E-state index in [1.165, 1.54) is 23.6 Å². The van der Waals surface area contributed by atoms with Crippen molar-refractivity contribution in [1.29, 1.82) is 0 Å². The van der Waals surface area contributed by atoms with Gasteiger partial charge in [-0.15, -0.1) is 11.3 Å². The van der Waals surface area contributed by atoms with Gasteiger partial charge in [-0.05, 0) is 12.1 Å². The summed E-state index contributed by atoms with van der Waals surface area (Å²) in [6, 6.07) is 8.16. The minimum atomic E-state index is -0.579. The Hall–Kier alpha value is -2.47. The molecule has 4 nitrogen and oxygen atoms in total. The maximum atomic E-state index is 13.8. The molecule has 20 heavy (non-hydrogen) atoms. The first-order valence-electron chi connectivity index (χ1n) is 5.80. The summed E-state index contributed by atoms with van der Waals surface area (Å²) < 4.78 is 14.5. The first-order chi connectivity index (χ1) is 9.58. The summed E-state index contributed by atoms with van der Waals surface area (Å²) in [6.07, 6.45) is 1.35. The second-order valence-corrected chi connectivity index (χ2v) is 5.31. The largest absolute Gasteiger partial charge is 0.383 e. The number of carbonyl (C=O) groups is 1. The molecule has 1 amide bonds. The lowest BCUT2D eigenvalue weighted by atomic mass is 10.1. The zero-order valence-electron chi connectivity index (χ0n) is 10.3. The average Bonchev–Trinajstić information content (AvgIpc) is 2.84. The SMILES string of the molecule is NC(=O)c1cnc(N)c2cc(-c3ccccc3F)sc12. The molecule has 0 aliphatic carbocycles. The number of anilines is 1. The third-order valence-corrected chi connectivity index (χ3v) is 4.19. The van der Waals surface area contributed by atoms with Crippen molar-refractivity contribution in [3.8, 4) is 10.4 Å². The number of rotatable bonds is 2. The number of aromatic nitrogens is 1. The number of nitrogens with two attached hydrogens (primary N) is 2. The number of carbonyl (C=O) groups excluding carboxylic acids is 1. The van der Waals surface area contributed by atoms with Gasteiger partial charge in [0.15, 0.2) is 0 Å². The number of fused-ring (bicyclic) bond motifs is 1. The van der Waals surface area contributed by atoms with Crippen molar-refractivity contribution in [1.82, 2.24) is 4.98 Å². The molecule has 0 saturated carbocycles. The molecular formula is C14H10FN3OS. The molecular weight excluding hydrogens is 277 g/mol. The molecule has 0 saturated heterocycles. The molecule has 3 aromatic rings. The zero-order chi connectivity index (χ0) is 14.3. The van der Waals surface area contributed by atoms with E-state index in [4.69, 9.17) is 11.5 Å². The fourth-order valence-electron chi connectivity index (χ4n) is 2.01. The van der Waals surface area contributed by atoms with Crippen LogP contribution in [0.2, 0.25) is 0 Å². The van der Waals surface area contributed by atoms with Crippen LogP contribution in [-0.2, 0) is 0 Å². The molecule has 0 aliphatic heterocycles. The van der Waals surface area contributed by atoms with Gasteiger partial charge in [-0.3, -0.25) is 4.79 Å². The normalized spacial score (nSPS) is 10.8. The summed E-state index contributed by atoms with van der Waals surface area (Å²) in [5, 5.41) is 0.615. The highest BCUT2D eigenvalue weighted by atomic mass is 32.1. The predicted molar refractivity (Wildman–Crippen MR) is 77.9 cm³/mol.